The zero-order valence-corrected chi connectivity index (χ0v) is 14.7. The largest absolute Gasteiger partial charge is 0.351 e. The smallest absolute Gasteiger partial charge is 0.220 e. The van der Waals surface area contributed by atoms with Gasteiger partial charge in [-0.3, -0.25) is 9.59 Å². The molecule has 1 fully saturated rings. The molecule has 2 aromatic heterocycles. The minimum Gasteiger partial charge on any atom is -0.351 e. The lowest BCUT2D eigenvalue weighted by Crippen LogP contribution is -2.25. The molecule has 0 unspecified atom stereocenters. The van der Waals surface area contributed by atoms with Gasteiger partial charge >= 0.3 is 0 Å². The molecule has 2 aromatic rings. The average molecular weight is 348 g/mol. The summed E-state index contributed by atoms with van der Waals surface area (Å²) in [6.45, 7) is 0.521. The van der Waals surface area contributed by atoms with Crippen LogP contribution in [0, 0.1) is 5.92 Å². The highest BCUT2D eigenvalue weighted by molar-refractivity contribution is 7.14. The summed E-state index contributed by atoms with van der Waals surface area (Å²) in [7, 11) is 0. The van der Waals surface area contributed by atoms with Gasteiger partial charge in [-0.1, -0.05) is 19.3 Å². The predicted octanol–water partition coefficient (Wildman–Crippen LogP) is 4.63. The Hall–Kier alpha value is -1.46. The zero-order valence-electron chi connectivity index (χ0n) is 13.0. The zero-order chi connectivity index (χ0) is 16.1. The fraction of sp³-hybridized carbons (Fsp3) is 0.444. The summed E-state index contributed by atoms with van der Waals surface area (Å²) in [6.07, 6.45) is 6.85. The van der Waals surface area contributed by atoms with Gasteiger partial charge in [0.05, 0.1) is 11.4 Å². The molecule has 1 saturated carbocycles. The molecule has 0 radical (unpaired) electrons. The Morgan fingerprint density at radius 3 is 2.70 bits per heavy atom. The van der Waals surface area contributed by atoms with Crippen LogP contribution >= 0.6 is 22.7 Å². The molecular weight excluding hydrogens is 326 g/mol. The summed E-state index contributed by atoms with van der Waals surface area (Å²) >= 11 is 2.99. The van der Waals surface area contributed by atoms with Crippen molar-refractivity contribution in [2.75, 3.05) is 0 Å². The topological polar surface area (TPSA) is 46.2 Å². The van der Waals surface area contributed by atoms with Gasteiger partial charge in [-0.15, -0.1) is 11.3 Å². The van der Waals surface area contributed by atoms with Crippen LogP contribution in [0.1, 0.15) is 58.6 Å². The van der Waals surface area contributed by atoms with Crippen LogP contribution in [0.25, 0.3) is 0 Å². The summed E-state index contributed by atoms with van der Waals surface area (Å²) in [5.74, 6) is 0.759. The van der Waals surface area contributed by atoms with Gasteiger partial charge in [0, 0.05) is 22.2 Å². The summed E-state index contributed by atoms with van der Waals surface area (Å²) in [4.78, 5) is 26.1. The SMILES string of the molecule is O=C(CC1CCCCC1)NCc1ccc(C(=O)c2ccsc2)s1. The van der Waals surface area contributed by atoms with E-state index in [0.717, 1.165) is 15.3 Å². The summed E-state index contributed by atoms with van der Waals surface area (Å²) in [6, 6.07) is 5.64. The maximum atomic E-state index is 12.3. The van der Waals surface area contributed by atoms with Gasteiger partial charge in [-0.05, 0) is 42.3 Å². The Bertz CT molecular complexity index is 654. The fourth-order valence-electron chi connectivity index (χ4n) is 3.04. The van der Waals surface area contributed by atoms with Crippen molar-refractivity contribution >= 4 is 34.4 Å². The second-order valence-corrected chi connectivity index (χ2v) is 8.04. The summed E-state index contributed by atoms with van der Waals surface area (Å²) in [5, 5.41) is 6.77. The number of ketones is 1. The summed E-state index contributed by atoms with van der Waals surface area (Å²) in [5.41, 5.74) is 0.740. The maximum Gasteiger partial charge on any atom is 0.220 e. The van der Waals surface area contributed by atoms with E-state index in [1.165, 1.54) is 54.8 Å². The lowest BCUT2D eigenvalue weighted by atomic mass is 9.87. The molecule has 0 spiro atoms. The molecule has 0 aromatic carbocycles. The number of hydrogen-bond acceptors (Lipinski definition) is 4. The Morgan fingerprint density at radius 2 is 1.96 bits per heavy atom. The highest BCUT2D eigenvalue weighted by atomic mass is 32.1. The van der Waals surface area contributed by atoms with Crippen LogP contribution in [-0.2, 0) is 11.3 Å². The van der Waals surface area contributed by atoms with Gasteiger partial charge in [-0.25, -0.2) is 0 Å². The third kappa shape index (κ3) is 4.52. The first-order valence-corrected chi connectivity index (χ1v) is 9.90. The normalized spacial score (nSPS) is 15.5. The molecule has 122 valence electrons. The van der Waals surface area contributed by atoms with E-state index in [9.17, 15) is 9.59 Å². The number of rotatable bonds is 6. The van der Waals surface area contributed by atoms with Crippen molar-refractivity contribution in [1.82, 2.24) is 5.32 Å². The molecule has 1 amide bonds. The first-order chi connectivity index (χ1) is 11.2. The predicted molar refractivity (Wildman–Crippen MR) is 95.1 cm³/mol. The molecule has 5 heteroatoms. The Kier molecular flexibility index (Phi) is 5.62. The quantitative estimate of drug-likeness (QED) is 0.775. The van der Waals surface area contributed by atoms with Crippen molar-refractivity contribution in [3.8, 4) is 0 Å². The first kappa shape index (κ1) is 16.4. The highest BCUT2D eigenvalue weighted by Crippen LogP contribution is 2.26. The maximum absolute atomic E-state index is 12.3. The van der Waals surface area contributed by atoms with E-state index < -0.39 is 0 Å². The van der Waals surface area contributed by atoms with Crippen molar-refractivity contribution in [2.24, 2.45) is 5.92 Å². The summed E-state index contributed by atoms with van der Waals surface area (Å²) < 4.78 is 0. The molecule has 2 heterocycles. The Balaban J connectivity index is 1.49. The van der Waals surface area contributed by atoms with Crippen LogP contribution in [0.5, 0.6) is 0 Å². The van der Waals surface area contributed by atoms with E-state index >= 15 is 0 Å². The van der Waals surface area contributed by atoms with Gasteiger partial charge < -0.3 is 5.32 Å². The molecule has 0 atom stereocenters. The molecule has 3 rings (SSSR count). The van der Waals surface area contributed by atoms with Crippen molar-refractivity contribution in [2.45, 2.75) is 45.1 Å². The molecule has 23 heavy (non-hydrogen) atoms. The van der Waals surface area contributed by atoms with Crippen molar-refractivity contribution in [3.05, 3.63) is 44.3 Å². The molecule has 1 aliphatic carbocycles. The standard InChI is InChI=1S/C18H21NO2S2/c20-17(10-13-4-2-1-3-5-13)19-11-15-6-7-16(23-15)18(21)14-8-9-22-12-14/h6-9,12-13H,1-5,10-11H2,(H,19,20). The van der Waals surface area contributed by atoms with Crippen LogP contribution in [-0.4, -0.2) is 11.7 Å². The van der Waals surface area contributed by atoms with E-state index in [1.54, 1.807) is 0 Å². The average Bonchev–Trinajstić information content (AvgIpc) is 3.25. The van der Waals surface area contributed by atoms with E-state index in [1.807, 2.05) is 29.0 Å². The lowest BCUT2D eigenvalue weighted by Gasteiger charge is -2.20. The van der Waals surface area contributed by atoms with Gasteiger partial charge in [0.1, 0.15) is 0 Å². The van der Waals surface area contributed by atoms with E-state index in [0.29, 0.717) is 18.9 Å². The molecule has 0 aliphatic heterocycles. The number of carbonyl (C=O) groups is 2. The van der Waals surface area contributed by atoms with Gasteiger partial charge in [0.15, 0.2) is 0 Å². The third-order valence-corrected chi connectivity index (χ3v) is 6.09. The fourth-order valence-corrected chi connectivity index (χ4v) is 4.59. The van der Waals surface area contributed by atoms with Crippen LogP contribution < -0.4 is 5.32 Å². The number of carbonyl (C=O) groups excluding carboxylic acids is 2. The first-order valence-electron chi connectivity index (χ1n) is 8.14. The minimum absolute atomic E-state index is 0.0658. The van der Waals surface area contributed by atoms with E-state index in [4.69, 9.17) is 0 Å². The molecule has 1 aliphatic rings. The molecule has 3 nitrogen and oxygen atoms in total. The van der Waals surface area contributed by atoms with Crippen LogP contribution in [0.2, 0.25) is 0 Å². The molecule has 0 bridgehead atoms. The van der Waals surface area contributed by atoms with Crippen molar-refractivity contribution in [3.63, 3.8) is 0 Å². The van der Waals surface area contributed by atoms with Gasteiger partial charge in [-0.2, -0.15) is 11.3 Å². The second-order valence-electron chi connectivity index (χ2n) is 6.09. The highest BCUT2D eigenvalue weighted by Gasteiger charge is 2.17. The van der Waals surface area contributed by atoms with E-state index in [-0.39, 0.29) is 11.7 Å². The molecular formula is C18H21NO2S2. The lowest BCUT2D eigenvalue weighted by molar-refractivity contribution is -0.122. The number of thiophene rings is 2. The number of nitrogens with one attached hydrogen (secondary N) is 1. The van der Waals surface area contributed by atoms with Gasteiger partial charge in [0.2, 0.25) is 11.7 Å². The number of amides is 1. The van der Waals surface area contributed by atoms with Crippen molar-refractivity contribution < 1.29 is 9.59 Å². The Labute approximate surface area is 144 Å². The van der Waals surface area contributed by atoms with Crippen molar-refractivity contribution in [1.29, 1.82) is 0 Å². The van der Waals surface area contributed by atoms with Crippen LogP contribution in [0.15, 0.2) is 29.0 Å². The third-order valence-electron chi connectivity index (χ3n) is 4.33. The minimum atomic E-state index is 0.0658. The van der Waals surface area contributed by atoms with Gasteiger partial charge in [0.25, 0.3) is 0 Å². The van der Waals surface area contributed by atoms with Crippen LogP contribution in [0.3, 0.4) is 0 Å². The Morgan fingerprint density at radius 1 is 1.13 bits per heavy atom. The van der Waals surface area contributed by atoms with E-state index in [2.05, 4.69) is 5.32 Å². The molecule has 1 N–H and O–H groups in total. The molecule has 0 saturated heterocycles. The number of hydrogen-bond donors (Lipinski definition) is 1. The van der Waals surface area contributed by atoms with Crippen LogP contribution in [0.4, 0.5) is 0 Å². The monoisotopic (exact) mass is 347 g/mol. The second kappa shape index (κ2) is 7.88.